The van der Waals surface area contributed by atoms with Gasteiger partial charge in [-0.1, -0.05) is 13.3 Å². The summed E-state index contributed by atoms with van der Waals surface area (Å²) in [5.74, 6) is -0.405. The van der Waals surface area contributed by atoms with Crippen LogP contribution in [-0.4, -0.2) is 16.9 Å². The minimum Gasteiger partial charge on any atom is -0.350 e. The first kappa shape index (κ1) is 14.5. The number of carbonyl (C=O) groups is 1. The molecule has 0 saturated carbocycles. The summed E-state index contributed by atoms with van der Waals surface area (Å²) >= 11 is 0. The molecule has 0 bridgehead atoms. The smallest absolute Gasteiger partial charge is 0.350 e. The maximum atomic E-state index is 12.3. The highest BCUT2D eigenvalue weighted by Crippen LogP contribution is 2.27. The molecule has 18 heavy (non-hydrogen) atoms. The Morgan fingerprint density at radius 2 is 2.11 bits per heavy atom. The molecule has 1 aromatic heterocycles. The first-order chi connectivity index (χ1) is 8.34. The fraction of sp³-hybridized carbons (Fsp3) is 0.500. The van der Waals surface area contributed by atoms with E-state index >= 15 is 0 Å². The van der Waals surface area contributed by atoms with Crippen molar-refractivity contribution in [2.45, 2.75) is 38.9 Å². The molecular weight excluding hydrogens is 245 g/mol. The van der Waals surface area contributed by atoms with Gasteiger partial charge in [0.2, 0.25) is 0 Å². The molecule has 100 valence electrons. The van der Waals surface area contributed by atoms with E-state index in [0.717, 1.165) is 31.2 Å². The number of nitrogens with zero attached hydrogens (tertiary/aromatic N) is 1. The Labute approximate surface area is 103 Å². The molecular formula is C12H15F3N2O. The first-order valence-electron chi connectivity index (χ1n) is 5.68. The summed E-state index contributed by atoms with van der Waals surface area (Å²) in [7, 11) is 0. The Hall–Kier alpha value is -1.59. The van der Waals surface area contributed by atoms with Crippen LogP contribution in [0.2, 0.25) is 0 Å². The summed E-state index contributed by atoms with van der Waals surface area (Å²) in [4.78, 5) is 14.9. The van der Waals surface area contributed by atoms with Gasteiger partial charge in [0, 0.05) is 12.2 Å². The molecule has 3 nitrogen and oxygen atoms in total. The van der Waals surface area contributed by atoms with Crippen LogP contribution in [0.5, 0.6) is 0 Å². The number of nitrogens with one attached hydrogen (secondary N) is 1. The molecule has 0 spiro atoms. The van der Waals surface area contributed by atoms with E-state index in [-0.39, 0.29) is 11.6 Å². The maximum absolute atomic E-state index is 12.3. The van der Waals surface area contributed by atoms with Crippen molar-refractivity contribution < 1.29 is 18.0 Å². The molecule has 1 N–H and O–H groups in total. The second-order valence-corrected chi connectivity index (χ2v) is 4.09. The number of carbonyl (C=O) groups excluding carboxylic acids is 1. The van der Waals surface area contributed by atoms with E-state index in [0.29, 0.717) is 0 Å². The van der Waals surface area contributed by atoms with Crippen molar-refractivity contribution >= 4 is 5.91 Å². The number of halogens is 3. The zero-order chi connectivity index (χ0) is 13.8. The fourth-order valence-electron chi connectivity index (χ4n) is 1.51. The third kappa shape index (κ3) is 4.01. The van der Waals surface area contributed by atoms with Crippen molar-refractivity contribution in [1.82, 2.24) is 10.3 Å². The zero-order valence-electron chi connectivity index (χ0n) is 10.2. The van der Waals surface area contributed by atoms with Gasteiger partial charge in [-0.15, -0.1) is 0 Å². The second kappa shape index (κ2) is 5.84. The fourth-order valence-corrected chi connectivity index (χ4v) is 1.51. The Kier molecular flexibility index (Phi) is 4.69. The molecule has 1 amide bonds. The SMILES string of the molecule is CCCC(C)NC(=O)c1ccc(C(F)(F)F)nc1. The van der Waals surface area contributed by atoms with E-state index < -0.39 is 17.8 Å². The van der Waals surface area contributed by atoms with Gasteiger partial charge in [-0.3, -0.25) is 9.78 Å². The molecule has 1 aromatic rings. The van der Waals surface area contributed by atoms with Gasteiger partial charge >= 0.3 is 6.18 Å². The molecule has 0 aliphatic rings. The average molecular weight is 260 g/mol. The van der Waals surface area contributed by atoms with Gasteiger partial charge in [0.15, 0.2) is 0 Å². The molecule has 1 rings (SSSR count). The van der Waals surface area contributed by atoms with Crippen LogP contribution < -0.4 is 5.32 Å². The molecule has 0 radical (unpaired) electrons. The quantitative estimate of drug-likeness (QED) is 0.904. The summed E-state index contributed by atoms with van der Waals surface area (Å²) < 4.78 is 36.8. The minimum absolute atomic E-state index is 0.00945. The number of hydrogen-bond acceptors (Lipinski definition) is 2. The third-order valence-corrected chi connectivity index (χ3v) is 2.42. The summed E-state index contributed by atoms with van der Waals surface area (Å²) in [6.45, 7) is 3.83. The lowest BCUT2D eigenvalue weighted by Crippen LogP contribution is -2.32. The van der Waals surface area contributed by atoms with Crippen LogP contribution in [0.15, 0.2) is 18.3 Å². The van der Waals surface area contributed by atoms with Gasteiger partial charge in [0.1, 0.15) is 5.69 Å². The van der Waals surface area contributed by atoms with Crippen molar-refractivity contribution in [3.63, 3.8) is 0 Å². The van der Waals surface area contributed by atoms with Crippen LogP contribution in [0, 0.1) is 0 Å². The summed E-state index contributed by atoms with van der Waals surface area (Å²) in [6, 6.07) is 1.92. The van der Waals surface area contributed by atoms with Gasteiger partial charge < -0.3 is 5.32 Å². The van der Waals surface area contributed by atoms with E-state index in [9.17, 15) is 18.0 Å². The lowest BCUT2D eigenvalue weighted by atomic mass is 10.1. The molecule has 1 atom stereocenters. The van der Waals surface area contributed by atoms with Crippen LogP contribution in [0.1, 0.15) is 42.7 Å². The topological polar surface area (TPSA) is 42.0 Å². The van der Waals surface area contributed by atoms with Crippen molar-refractivity contribution in [2.24, 2.45) is 0 Å². The zero-order valence-corrected chi connectivity index (χ0v) is 10.2. The van der Waals surface area contributed by atoms with Gasteiger partial charge in [0.25, 0.3) is 5.91 Å². The molecule has 1 heterocycles. The maximum Gasteiger partial charge on any atom is 0.433 e. The van der Waals surface area contributed by atoms with E-state index in [2.05, 4.69) is 10.3 Å². The summed E-state index contributed by atoms with van der Waals surface area (Å²) in [5, 5.41) is 2.70. The molecule has 0 aliphatic heterocycles. The number of rotatable bonds is 4. The largest absolute Gasteiger partial charge is 0.433 e. The highest BCUT2D eigenvalue weighted by atomic mass is 19.4. The van der Waals surface area contributed by atoms with E-state index in [4.69, 9.17) is 0 Å². The van der Waals surface area contributed by atoms with Gasteiger partial charge in [0.05, 0.1) is 5.56 Å². The molecule has 6 heteroatoms. The van der Waals surface area contributed by atoms with Gasteiger partial charge in [-0.05, 0) is 25.5 Å². The standard InChI is InChI=1S/C12H15F3N2O/c1-3-4-8(2)17-11(18)9-5-6-10(16-7-9)12(13,14)15/h5-8H,3-4H2,1-2H3,(H,17,18). The molecule has 0 aliphatic carbocycles. The van der Waals surface area contributed by atoms with Gasteiger partial charge in [-0.2, -0.15) is 13.2 Å². The first-order valence-corrected chi connectivity index (χ1v) is 5.68. The lowest BCUT2D eigenvalue weighted by Gasteiger charge is -2.12. The van der Waals surface area contributed by atoms with Crippen molar-refractivity contribution in [3.8, 4) is 0 Å². The predicted octanol–water partition coefficient (Wildman–Crippen LogP) is 3.02. The average Bonchev–Trinajstić information content (AvgIpc) is 2.28. The van der Waals surface area contributed by atoms with Crippen molar-refractivity contribution in [2.75, 3.05) is 0 Å². The molecule has 1 unspecified atom stereocenters. The second-order valence-electron chi connectivity index (χ2n) is 4.09. The lowest BCUT2D eigenvalue weighted by molar-refractivity contribution is -0.141. The van der Waals surface area contributed by atoms with Crippen molar-refractivity contribution in [1.29, 1.82) is 0 Å². The number of hydrogen-bond donors (Lipinski definition) is 1. The number of aromatic nitrogens is 1. The van der Waals surface area contributed by atoms with Crippen LogP contribution in [-0.2, 0) is 6.18 Å². The molecule has 0 saturated heterocycles. The summed E-state index contributed by atoms with van der Waals surface area (Å²) in [6.07, 6.45) is -1.80. The van der Waals surface area contributed by atoms with Crippen LogP contribution in [0.3, 0.4) is 0 Å². The predicted molar refractivity (Wildman–Crippen MR) is 61.1 cm³/mol. The van der Waals surface area contributed by atoms with Crippen LogP contribution >= 0.6 is 0 Å². The highest BCUT2D eigenvalue weighted by molar-refractivity contribution is 5.94. The Balaban J connectivity index is 2.71. The van der Waals surface area contributed by atoms with E-state index in [1.807, 2.05) is 13.8 Å². The van der Waals surface area contributed by atoms with E-state index in [1.54, 1.807) is 0 Å². The summed E-state index contributed by atoms with van der Waals surface area (Å²) in [5.41, 5.74) is -0.869. The third-order valence-electron chi connectivity index (χ3n) is 2.42. The van der Waals surface area contributed by atoms with E-state index in [1.165, 1.54) is 0 Å². The molecule has 0 aromatic carbocycles. The normalized spacial score (nSPS) is 13.2. The minimum atomic E-state index is -4.48. The van der Waals surface area contributed by atoms with Crippen molar-refractivity contribution in [3.05, 3.63) is 29.6 Å². The number of pyridine rings is 1. The Morgan fingerprint density at radius 3 is 2.56 bits per heavy atom. The Morgan fingerprint density at radius 1 is 1.44 bits per heavy atom. The number of amides is 1. The monoisotopic (exact) mass is 260 g/mol. The van der Waals surface area contributed by atoms with Crippen LogP contribution in [0.25, 0.3) is 0 Å². The number of alkyl halides is 3. The van der Waals surface area contributed by atoms with Crippen LogP contribution in [0.4, 0.5) is 13.2 Å². The molecule has 0 fully saturated rings. The highest BCUT2D eigenvalue weighted by Gasteiger charge is 2.32. The Bertz CT molecular complexity index is 401. The van der Waals surface area contributed by atoms with Gasteiger partial charge in [-0.25, -0.2) is 0 Å².